The Kier molecular flexibility index (Phi) is 1.58. The molecule has 1 N–H and O–H groups in total. The molecular formula is C8H10N2O. The zero-order chi connectivity index (χ0) is 7.68. The molecule has 2 rings (SSSR count). The lowest BCUT2D eigenvalue weighted by Crippen LogP contribution is -1.94. The number of rotatable bonds is 2. The van der Waals surface area contributed by atoms with Gasteiger partial charge in [-0.1, -0.05) is 0 Å². The van der Waals surface area contributed by atoms with E-state index in [1.807, 2.05) is 12.4 Å². The van der Waals surface area contributed by atoms with Crippen LogP contribution < -0.4 is 0 Å². The van der Waals surface area contributed by atoms with Gasteiger partial charge in [0.25, 0.3) is 0 Å². The second kappa shape index (κ2) is 2.58. The molecule has 3 nitrogen and oxygen atoms in total. The summed E-state index contributed by atoms with van der Waals surface area (Å²) in [4.78, 5) is 7.99. The smallest absolute Gasteiger partial charge is 0.153 e. The lowest BCUT2D eigenvalue weighted by atomic mass is 10.2. The van der Waals surface area contributed by atoms with E-state index in [0.717, 1.165) is 0 Å². The molecule has 1 aliphatic carbocycles. The van der Waals surface area contributed by atoms with Gasteiger partial charge in [0.15, 0.2) is 5.82 Å². The number of aliphatic hydroxyl groups is 1. The van der Waals surface area contributed by atoms with E-state index < -0.39 is 0 Å². The van der Waals surface area contributed by atoms with Crippen LogP contribution in [-0.4, -0.2) is 15.1 Å². The van der Waals surface area contributed by atoms with Gasteiger partial charge in [-0.05, 0) is 24.3 Å². The number of nitrogens with zero attached hydrogens (tertiary/aromatic N) is 2. The SMILES string of the molecule is OCc1ncc(C2CC2)cn1. The zero-order valence-electron chi connectivity index (χ0n) is 6.20. The van der Waals surface area contributed by atoms with Crippen LogP contribution in [0.4, 0.5) is 0 Å². The summed E-state index contributed by atoms with van der Waals surface area (Å²) < 4.78 is 0. The molecule has 3 heteroatoms. The minimum atomic E-state index is -0.0645. The first kappa shape index (κ1) is 6.73. The summed E-state index contributed by atoms with van der Waals surface area (Å²) in [5.74, 6) is 1.21. The van der Waals surface area contributed by atoms with Crippen LogP contribution in [-0.2, 0) is 6.61 Å². The second-order valence-electron chi connectivity index (χ2n) is 2.87. The minimum Gasteiger partial charge on any atom is -0.388 e. The van der Waals surface area contributed by atoms with Gasteiger partial charge in [0.2, 0.25) is 0 Å². The summed E-state index contributed by atoms with van der Waals surface area (Å²) in [7, 11) is 0. The first-order valence-electron chi connectivity index (χ1n) is 3.82. The molecule has 1 aromatic rings. The van der Waals surface area contributed by atoms with Crippen molar-refractivity contribution in [2.45, 2.75) is 25.4 Å². The predicted octanol–water partition coefficient (Wildman–Crippen LogP) is 0.846. The lowest BCUT2D eigenvalue weighted by Gasteiger charge is -1.96. The number of aliphatic hydroxyl groups excluding tert-OH is 1. The average molecular weight is 150 g/mol. The van der Waals surface area contributed by atoms with E-state index in [4.69, 9.17) is 5.11 Å². The highest BCUT2D eigenvalue weighted by molar-refractivity contribution is 5.16. The lowest BCUT2D eigenvalue weighted by molar-refractivity contribution is 0.271. The molecule has 1 saturated carbocycles. The Labute approximate surface area is 65.1 Å². The molecule has 1 aromatic heterocycles. The Balaban J connectivity index is 2.19. The molecule has 0 aliphatic heterocycles. The normalized spacial score (nSPS) is 16.8. The zero-order valence-corrected chi connectivity index (χ0v) is 6.20. The van der Waals surface area contributed by atoms with Gasteiger partial charge in [-0.25, -0.2) is 9.97 Å². The van der Waals surface area contributed by atoms with E-state index in [1.54, 1.807) is 0 Å². The van der Waals surface area contributed by atoms with Gasteiger partial charge in [-0.15, -0.1) is 0 Å². The van der Waals surface area contributed by atoms with Crippen LogP contribution in [0, 0.1) is 0 Å². The predicted molar refractivity (Wildman–Crippen MR) is 39.9 cm³/mol. The summed E-state index contributed by atoms with van der Waals surface area (Å²) in [5.41, 5.74) is 1.21. The van der Waals surface area contributed by atoms with Crippen molar-refractivity contribution < 1.29 is 5.11 Å². The fraction of sp³-hybridized carbons (Fsp3) is 0.500. The first-order valence-corrected chi connectivity index (χ1v) is 3.82. The third-order valence-electron chi connectivity index (χ3n) is 1.92. The van der Waals surface area contributed by atoms with Crippen LogP contribution in [0.2, 0.25) is 0 Å². The molecular weight excluding hydrogens is 140 g/mol. The largest absolute Gasteiger partial charge is 0.388 e. The maximum atomic E-state index is 8.66. The van der Waals surface area contributed by atoms with Crippen molar-refractivity contribution in [3.63, 3.8) is 0 Å². The quantitative estimate of drug-likeness (QED) is 0.679. The average Bonchev–Trinajstić information content (AvgIpc) is 2.87. The summed E-state index contributed by atoms with van der Waals surface area (Å²) >= 11 is 0. The van der Waals surface area contributed by atoms with Crippen molar-refractivity contribution in [2.24, 2.45) is 0 Å². The summed E-state index contributed by atoms with van der Waals surface area (Å²) in [6.45, 7) is -0.0645. The molecule has 11 heavy (non-hydrogen) atoms. The molecule has 0 unspecified atom stereocenters. The van der Waals surface area contributed by atoms with Gasteiger partial charge >= 0.3 is 0 Å². The van der Waals surface area contributed by atoms with Crippen molar-refractivity contribution in [1.29, 1.82) is 0 Å². The van der Waals surface area contributed by atoms with Gasteiger partial charge in [-0.3, -0.25) is 0 Å². The number of hydrogen-bond acceptors (Lipinski definition) is 3. The van der Waals surface area contributed by atoms with Gasteiger partial charge in [0, 0.05) is 12.4 Å². The van der Waals surface area contributed by atoms with Gasteiger partial charge in [-0.2, -0.15) is 0 Å². The van der Waals surface area contributed by atoms with Crippen LogP contribution in [0.25, 0.3) is 0 Å². The van der Waals surface area contributed by atoms with Crippen molar-refractivity contribution in [3.8, 4) is 0 Å². The highest BCUT2D eigenvalue weighted by atomic mass is 16.3. The Bertz CT molecular complexity index is 241. The molecule has 1 aliphatic rings. The standard InChI is InChI=1S/C8H10N2O/c11-5-8-9-3-7(4-10-8)6-1-2-6/h3-4,6,11H,1-2,5H2. The monoisotopic (exact) mass is 150 g/mol. The molecule has 0 atom stereocenters. The minimum absolute atomic E-state index is 0.0645. The van der Waals surface area contributed by atoms with Crippen molar-refractivity contribution >= 4 is 0 Å². The Hall–Kier alpha value is -0.960. The molecule has 58 valence electrons. The number of aromatic nitrogens is 2. The highest BCUT2D eigenvalue weighted by Crippen LogP contribution is 2.39. The summed E-state index contributed by atoms with van der Waals surface area (Å²) in [5, 5.41) is 8.66. The maximum absolute atomic E-state index is 8.66. The van der Waals surface area contributed by atoms with Gasteiger partial charge in [0.05, 0.1) is 0 Å². The van der Waals surface area contributed by atoms with E-state index in [9.17, 15) is 0 Å². The molecule has 0 spiro atoms. The molecule has 1 fully saturated rings. The molecule has 0 radical (unpaired) electrons. The second-order valence-corrected chi connectivity index (χ2v) is 2.87. The number of hydrogen-bond donors (Lipinski definition) is 1. The summed E-state index contributed by atoms with van der Waals surface area (Å²) in [6.07, 6.45) is 6.16. The molecule has 0 aromatic carbocycles. The Morgan fingerprint density at radius 3 is 2.45 bits per heavy atom. The van der Waals surface area contributed by atoms with Crippen LogP contribution in [0.3, 0.4) is 0 Å². The van der Waals surface area contributed by atoms with E-state index in [0.29, 0.717) is 11.7 Å². The third kappa shape index (κ3) is 1.38. The van der Waals surface area contributed by atoms with E-state index >= 15 is 0 Å². The third-order valence-corrected chi connectivity index (χ3v) is 1.92. The molecule has 0 amide bonds. The van der Waals surface area contributed by atoms with Crippen molar-refractivity contribution in [1.82, 2.24) is 9.97 Å². The highest BCUT2D eigenvalue weighted by Gasteiger charge is 2.23. The van der Waals surface area contributed by atoms with Gasteiger partial charge in [0.1, 0.15) is 6.61 Å². The van der Waals surface area contributed by atoms with Crippen molar-refractivity contribution in [3.05, 3.63) is 23.8 Å². The van der Waals surface area contributed by atoms with Crippen LogP contribution in [0.1, 0.15) is 30.1 Å². The van der Waals surface area contributed by atoms with E-state index in [-0.39, 0.29) is 6.61 Å². The molecule has 1 heterocycles. The molecule has 0 saturated heterocycles. The Morgan fingerprint density at radius 2 is 2.00 bits per heavy atom. The van der Waals surface area contributed by atoms with Gasteiger partial charge < -0.3 is 5.11 Å². The maximum Gasteiger partial charge on any atom is 0.153 e. The first-order chi connectivity index (χ1) is 5.40. The van der Waals surface area contributed by atoms with E-state index in [1.165, 1.54) is 18.4 Å². The Morgan fingerprint density at radius 1 is 1.36 bits per heavy atom. The fourth-order valence-electron chi connectivity index (χ4n) is 1.07. The topological polar surface area (TPSA) is 46.0 Å². The van der Waals surface area contributed by atoms with Crippen LogP contribution in [0.15, 0.2) is 12.4 Å². The van der Waals surface area contributed by atoms with E-state index in [2.05, 4.69) is 9.97 Å². The van der Waals surface area contributed by atoms with Crippen LogP contribution >= 0.6 is 0 Å². The van der Waals surface area contributed by atoms with Crippen LogP contribution in [0.5, 0.6) is 0 Å². The molecule has 0 bridgehead atoms. The fourth-order valence-corrected chi connectivity index (χ4v) is 1.07. The summed E-state index contributed by atoms with van der Waals surface area (Å²) in [6, 6.07) is 0. The van der Waals surface area contributed by atoms with Crippen molar-refractivity contribution in [2.75, 3.05) is 0 Å².